The second-order valence-corrected chi connectivity index (χ2v) is 6.31. The Morgan fingerprint density at radius 2 is 1.83 bits per heavy atom. The number of carbonyl (C=O) groups is 1. The van der Waals surface area contributed by atoms with Crippen molar-refractivity contribution in [2.45, 2.75) is 6.92 Å². The van der Waals surface area contributed by atoms with E-state index in [0.717, 1.165) is 11.1 Å². The number of rotatable bonds is 5. The predicted molar refractivity (Wildman–Crippen MR) is 109 cm³/mol. The molecule has 4 aromatic rings. The van der Waals surface area contributed by atoms with Gasteiger partial charge in [-0.15, -0.1) is 0 Å². The van der Waals surface area contributed by atoms with Crippen LogP contribution in [0.1, 0.15) is 15.9 Å². The number of nitrogens with zero attached hydrogens (tertiary/aromatic N) is 3. The Balaban J connectivity index is 1.66. The van der Waals surface area contributed by atoms with Gasteiger partial charge in [-0.25, -0.2) is 0 Å². The van der Waals surface area contributed by atoms with Crippen LogP contribution < -0.4 is 10.1 Å². The molecule has 0 spiro atoms. The second kappa shape index (κ2) is 7.93. The zero-order valence-corrected chi connectivity index (χ0v) is 15.9. The Kier molecular flexibility index (Phi) is 5.03. The predicted octanol–water partition coefficient (Wildman–Crippen LogP) is 4.37. The lowest BCUT2D eigenvalue weighted by molar-refractivity contribution is 0.102. The molecule has 0 saturated heterocycles. The fourth-order valence-electron chi connectivity index (χ4n) is 3.02. The summed E-state index contributed by atoms with van der Waals surface area (Å²) in [7, 11) is 1.55. The maximum atomic E-state index is 12.9. The van der Waals surface area contributed by atoms with Crippen LogP contribution in [0.2, 0.25) is 0 Å². The highest BCUT2D eigenvalue weighted by molar-refractivity contribution is 6.08. The Labute approximate surface area is 167 Å². The number of ether oxygens (including phenoxy) is 1. The van der Waals surface area contributed by atoms with Gasteiger partial charge in [0.15, 0.2) is 0 Å². The van der Waals surface area contributed by atoms with Gasteiger partial charge in [-0.3, -0.25) is 9.78 Å². The van der Waals surface area contributed by atoms with E-state index >= 15 is 0 Å². The van der Waals surface area contributed by atoms with Crippen molar-refractivity contribution in [3.05, 3.63) is 78.1 Å². The first-order chi connectivity index (χ1) is 14.2. The molecule has 0 aliphatic rings. The standard InChI is InChI=1S/C22H18N4O3/c1-14-6-5-8-17(19(14)28-2)21(27)24-18-9-4-3-7-16(18)22-25-20(26-29-22)15-10-12-23-13-11-15/h3-13H,1-2H3,(H,24,27). The monoisotopic (exact) mass is 386 g/mol. The Morgan fingerprint density at radius 1 is 1.03 bits per heavy atom. The van der Waals surface area contributed by atoms with Crippen LogP contribution in [-0.4, -0.2) is 28.1 Å². The summed E-state index contributed by atoms with van der Waals surface area (Å²) in [5.41, 5.74) is 3.31. The van der Waals surface area contributed by atoms with Crippen molar-refractivity contribution >= 4 is 11.6 Å². The van der Waals surface area contributed by atoms with E-state index in [1.54, 1.807) is 43.8 Å². The summed E-state index contributed by atoms with van der Waals surface area (Å²) in [6.45, 7) is 1.89. The number of carbonyl (C=O) groups excluding carboxylic acids is 1. The van der Waals surface area contributed by atoms with Crippen LogP contribution in [0.5, 0.6) is 5.75 Å². The number of methoxy groups -OCH3 is 1. The first-order valence-corrected chi connectivity index (χ1v) is 8.96. The minimum atomic E-state index is -0.285. The molecule has 2 heterocycles. The average Bonchev–Trinajstić information content (AvgIpc) is 3.24. The van der Waals surface area contributed by atoms with E-state index in [2.05, 4.69) is 20.4 Å². The Hall–Kier alpha value is -4.00. The number of pyridine rings is 1. The number of para-hydroxylation sites is 2. The van der Waals surface area contributed by atoms with Crippen LogP contribution >= 0.6 is 0 Å². The van der Waals surface area contributed by atoms with Gasteiger partial charge in [-0.2, -0.15) is 4.98 Å². The number of hydrogen-bond donors (Lipinski definition) is 1. The van der Waals surface area contributed by atoms with E-state index in [9.17, 15) is 4.79 Å². The first-order valence-electron chi connectivity index (χ1n) is 8.96. The summed E-state index contributed by atoms with van der Waals surface area (Å²) in [5, 5.41) is 6.95. The molecule has 0 aliphatic carbocycles. The van der Waals surface area contributed by atoms with E-state index in [1.165, 1.54) is 0 Å². The van der Waals surface area contributed by atoms with Crippen molar-refractivity contribution in [3.63, 3.8) is 0 Å². The highest BCUT2D eigenvalue weighted by Gasteiger charge is 2.18. The molecule has 29 heavy (non-hydrogen) atoms. The normalized spacial score (nSPS) is 10.6. The Bertz CT molecular complexity index is 1160. The molecular weight excluding hydrogens is 368 g/mol. The lowest BCUT2D eigenvalue weighted by Gasteiger charge is -2.12. The van der Waals surface area contributed by atoms with Crippen molar-refractivity contribution in [2.24, 2.45) is 0 Å². The number of anilines is 1. The van der Waals surface area contributed by atoms with Crippen molar-refractivity contribution in [2.75, 3.05) is 12.4 Å². The van der Waals surface area contributed by atoms with Gasteiger partial charge in [0.2, 0.25) is 5.82 Å². The molecule has 7 nitrogen and oxygen atoms in total. The van der Waals surface area contributed by atoms with Gasteiger partial charge in [-0.1, -0.05) is 29.4 Å². The molecule has 1 N–H and O–H groups in total. The molecular formula is C22H18N4O3. The average molecular weight is 386 g/mol. The molecule has 2 aromatic carbocycles. The largest absolute Gasteiger partial charge is 0.496 e. The third kappa shape index (κ3) is 3.70. The topological polar surface area (TPSA) is 90.1 Å². The summed E-state index contributed by atoms with van der Waals surface area (Å²) < 4.78 is 10.8. The summed E-state index contributed by atoms with van der Waals surface area (Å²) in [6, 6.07) is 16.3. The smallest absolute Gasteiger partial charge is 0.260 e. The minimum absolute atomic E-state index is 0.285. The maximum Gasteiger partial charge on any atom is 0.260 e. The maximum absolute atomic E-state index is 12.9. The zero-order valence-electron chi connectivity index (χ0n) is 15.9. The third-order valence-corrected chi connectivity index (χ3v) is 4.43. The number of nitrogens with one attached hydrogen (secondary N) is 1. The van der Waals surface area contributed by atoms with Gasteiger partial charge in [0.1, 0.15) is 5.75 Å². The molecule has 4 rings (SSSR count). The number of hydrogen-bond acceptors (Lipinski definition) is 6. The molecule has 0 aliphatic heterocycles. The van der Waals surface area contributed by atoms with Crippen molar-refractivity contribution < 1.29 is 14.1 Å². The molecule has 7 heteroatoms. The summed E-state index contributed by atoms with van der Waals surface area (Å²) in [5.74, 6) is 1.01. The molecule has 0 bridgehead atoms. The van der Waals surface area contributed by atoms with Gasteiger partial charge in [0.05, 0.1) is 23.9 Å². The van der Waals surface area contributed by atoms with Crippen molar-refractivity contribution in [1.29, 1.82) is 0 Å². The molecule has 144 valence electrons. The molecule has 0 radical (unpaired) electrons. The third-order valence-electron chi connectivity index (χ3n) is 4.43. The van der Waals surface area contributed by atoms with Gasteiger partial charge in [-0.05, 0) is 42.8 Å². The lowest BCUT2D eigenvalue weighted by atomic mass is 10.1. The number of amides is 1. The minimum Gasteiger partial charge on any atom is -0.496 e. The number of aryl methyl sites for hydroxylation is 1. The second-order valence-electron chi connectivity index (χ2n) is 6.31. The van der Waals surface area contributed by atoms with E-state index in [4.69, 9.17) is 9.26 Å². The van der Waals surface area contributed by atoms with E-state index < -0.39 is 0 Å². The first kappa shape index (κ1) is 18.4. The quantitative estimate of drug-likeness (QED) is 0.548. The van der Waals surface area contributed by atoms with Crippen LogP contribution in [0.15, 0.2) is 71.5 Å². The van der Waals surface area contributed by atoms with Crippen LogP contribution in [0.25, 0.3) is 22.8 Å². The van der Waals surface area contributed by atoms with Crippen molar-refractivity contribution in [3.8, 4) is 28.6 Å². The molecule has 0 fully saturated rings. The van der Waals surface area contributed by atoms with Gasteiger partial charge < -0.3 is 14.6 Å². The summed E-state index contributed by atoms with van der Waals surface area (Å²) >= 11 is 0. The van der Waals surface area contributed by atoms with Gasteiger partial charge in [0.25, 0.3) is 11.8 Å². The SMILES string of the molecule is COc1c(C)cccc1C(=O)Nc1ccccc1-c1nc(-c2ccncc2)no1. The van der Waals surface area contributed by atoms with Crippen LogP contribution in [0.3, 0.4) is 0 Å². The fourth-order valence-corrected chi connectivity index (χ4v) is 3.02. The van der Waals surface area contributed by atoms with Crippen LogP contribution in [-0.2, 0) is 0 Å². The fraction of sp³-hybridized carbons (Fsp3) is 0.0909. The molecule has 0 atom stereocenters. The van der Waals surface area contributed by atoms with Crippen LogP contribution in [0.4, 0.5) is 5.69 Å². The summed E-state index contributed by atoms with van der Waals surface area (Å²) in [4.78, 5) is 21.3. The molecule has 0 saturated carbocycles. The molecule has 1 amide bonds. The molecule has 0 unspecified atom stereocenters. The highest BCUT2D eigenvalue weighted by Crippen LogP contribution is 2.30. The van der Waals surface area contributed by atoms with E-state index in [1.807, 2.05) is 37.3 Å². The van der Waals surface area contributed by atoms with E-state index in [0.29, 0.717) is 34.3 Å². The highest BCUT2D eigenvalue weighted by atomic mass is 16.5. The van der Waals surface area contributed by atoms with Crippen LogP contribution in [0, 0.1) is 6.92 Å². The number of aromatic nitrogens is 3. The lowest BCUT2D eigenvalue weighted by Crippen LogP contribution is -2.14. The zero-order chi connectivity index (χ0) is 20.2. The van der Waals surface area contributed by atoms with Crippen molar-refractivity contribution in [1.82, 2.24) is 15.1 Å². The van der Waals surface area contributed by atoms with Gasteiger partial charge >= 0.3 is 0 Å². The van der Waals surface area contributed by atoms with E-state index in [-0.39, 0.29) is 5.91 Å². The summed E-state index contributed by atoms with van der Waals surface area (Å²) in [6.07, 6.45) is 3.32. The van der Waals surface area contributed by atoms with Gasteiger partial charge in [0, 0.05) is 18.0 Å². The molecule has 2 aromatic heterocycles. The Morgan fingerprint density at radius 3 is 2.62 bits per heavy atom. The number of benzene rings is 2.